The van der Waals surface area contributed by atoms with E-state index in [9.17, 15) is 0 Å². The molecule has 80 valence electrons. The lowest BCUT2D eigenvalue weighted by atomic mass is 9.79. The zero-order chi connectivity index (χ0) is 10.3. The molecule has 1 heterocycles. The number of methoxy groups -OCH3 is 1. The fourth-order valence-corrected chi connectivity index (χ4v) is 2.85. The zero-order valence-corrected chi connectivity index (χ0v) is 8.98. The van der Waals surface area contributed by atoms with Gasteiger partial charge in [0.05, 0.1) is 6.10 Å². The quantitative estimate of drug-likeness (QED) is 0.690. The van der Waals surface area contributed by atoms with Crippen LogP contribution < -0.4 is 0 Å². The van der Waals surface area contributed by atoms with Gasteiger partial charge in [-0.25, -0.2) is 0 Å². The summed E-state index contributed by atoms with van der Waals surface area (Å²) in [6.45, 7) is 0. The second-order valence-corrected chi connectivity index (χ2v) is 4.45. The van der Waals surface area contributed by atoms with Crippen molar-refractivity contribution < 1.29 is 9.47 Å². The van der Waals surface area contributed by atoms with E-state index in [1.165, 1.54) is 18.4 Å². The first kappa shape index (κ1) is 9.37. The van der Waals surface area contributed by atoms with E-state index in [2.05, 4.69) is 24.3 Å². The third-order valence-electron chi connectivity index (χ3n) is 3.71. The van der Waals surface area contributed by atoms with E-state index in [1.54, 1.807) is 7.11 Å². The van der Waals surface area contributed by atoms with Crippen molar-refractivity contribution in [3.63, 3.8) is 0 Å². The van der Waals surface area contributed by atoms with Gasteiger partial charge in [-0.3, -0.25) is 0 Å². The molecule has 3 atom stereocenters. The van der Waals surface area contributed by atoms with Crippen LogP contribution in [0.15, 0.2) is 30.3 Å². The molecule has 1 aliphatic carbocycles. The number of benzene rings is 1. The van der Waals surface area contributed by atoms with E-state index in [0.29, 0.717) is 12.2 Å². The Balaban J connectivity index is 1.99. The molecule has 0 aromatic heterocycles. The van der Waals surface area contributed by atoms with Gasteiger partial charge in [0.15, 0.2) is 0 Å². The Hall–Kier alpha value is -0.860. The summed E-state index contributed by atoms with van der Waals surface area (Å²) in [5.41, 5.74) is 1.09. The van der Waals surface area contributed by atoms with Crippen molar-refractivity contribution in [1.29, 1.82) is 0 Å². The molecule has 2 nitrogen and oxygen atoms in total. The Labute approximate surface area is 90.2 Å². The highest BCUT2D eigenvalue weighted by atomic mass is 16.6. The Morgan fingerprint density at radius 1 is 1.33 bits per heavy atom. The van der Waals surface area contributed by atoms with Crippen LogP contribution in [-0.4, -0.2) is 19.3 Å². The van der Waals surface area contributed by atoms with Crippen LogP contribution in [-0.2, 0) is 15.1 Å². The summed E-state index contributed by atoms with van der Waals surface area (Å²) in [5, 5.41) is 0. The molecule has 1 aromatic rings. The summed E-state index contributed by atoms with van der Waals surface area (Å²) >= 11 is 0. The van der Waals surface area contributed by atoms with Gasteiger partial charge in [-0.1, -0.05) is 30.3 Å². The molecule has 0 N–H and O–H groups in total. The molecule has 15 heavy (non-hydrogen) atoms. The van der Waals surface area contributed by atoms with E-state index in [0.717, 1.165) is 6.42 Å². The van der Waals surface area contributed by atoms with Gasteiger partial charge in [0, 0.05) is 7.11 Å². The molecule has 1 aliphatic heterocycles. The van der Waals surface area contributed by atoms with Crippen molar-refractivity contribution in [2.45, 2.75) is 37.1 Å². The average molecular weight is 204 g/mol. The van der Waals surface area contributed by atoms with Crippen LogP contribution in [0.1, 0.15) is 24.8 Å². The maximum absolute atomic E-state index is 5.79. The highest BCUT2D eigenvalue weighted by molar-refractivity contribution is 5.28. The smallest absolute Gasteiger partial charge is 0.121 e. The molecule has 3 rings (SSSR count). The van der Waals surface area contributed by atoms with Gasteiger partial charge in [0.2, 0.25) is 0 Å². The SMILES string of the molecule is COC1(c2ccccc2)CCCC2OC21. The first-order valence-corrected chi connectivity index (χ1v) is 5.63. The monoisotopic (exact) mass is 204 g/mol. The summed E-state index contributed by atoms with van der Waals surface area (Å²) in [6, 6.07) is 10.5. The van der Waals surface area contributed by atoms with Gasteiger partial charge in [-0.05, 0) is 24.8 Å². The lowest BCUT2D eigenvalue weighted by Crippen LogP contribution is -2.38. The standard InChI is InChI=1S/C13H16O2/c1-14-13(10-6-3-2-4-7-10)9-5-8-11-12(13)15-11/h2-4,6-7,11-12H,5,8-9H2,1H3. The zero-order valence-electron chi connectivity index (χ0n) is 8.98. The molecule has 1 aromatic carbocycles. The number of epoxide rings is 1. The fourth-order valence-electron chi connectivity index (χ4n) is 2.85. The Kier molecular flexibility index (Phi) is 2.08. The molecular formula is C13H16O2. The van der Waals surface area contributed by atoms with Crippen molar-refractivity contribution >= 4 is 0 Å². The highest BCUT2D eigenvalue weighted by Gasteiger charge is 2.58. The van der Waals surface area contributed by atoms with Crippen LogP contribution in [0.2, 0.25) is 0 Å². The molecule has 1 saturated heterocycles. The highest BCUT2D eigenvalue weighted by Crippen LogP contribution is 2.50. The molecule has 0 amide bonds. The first-order chi connectivity index (χ1) is 7.37. The molecule has 0 bridgehead atoms. The normalized spacial score (nSPS) is 38.5. The fraction of sp³-hybridized carbons (Fsp3) is 0.538. The van der Waals surface area contributed by atoms with E-state index >= 15 is 0 Å². The van der Waals surface area contributed by atoms with Crippen molar-refractivity contribution in [3.05, 3.63) is 35.9 Å². The minimum absolute atomic E-state index is 0.176. The van der Waals surface area contributed by atoms with Crippen LogP contribution in [0.3, 0.4) is 0 Å². The Morgan fingerprint density at radius 2 is 2.13 bits per heavy atom. The van der Waals surface area contributed by atoms with Gasteiger partial charge < -0.3 is 9.47 Å². The van der Waals surface area contributed by atoms with Gasteiger partial charge in [-0.15, -0.1) is 0 Å². The summed E-state index contributed by atoms with van der Waals surface area (Å²) in [6.07, 6.45) is 4.21. The van der Waals surface area contributed by atoms with Crippen LogP contribution in [0, 0.1) is 0 Å². The predicted octanol–water partition coefficient (Wildman–Crippen LogP) is 2.48. The third kappa shape index (κ3) is 1.32. The largest absolute Gasteiger partial charge is 0.371 e. The molecule has 2 aliphatic rings. The van der Waals surface area contributed by atoms with Crippen LogP contribution in [0.5, 0.6) is 0 Å². The first-order valence-electron chi connectivity index (χ1n) is 5.63. The number of hydrogen-bond acceptors (Lipinski definition) is 2. The van der Waals surface area contributed by atoms with Crippen molar-refractivity contribution in [1.82, 2.24) is 0 Å². The van der Waals surface area contributed by atoms with Gasteiger partial charge in [0.25, 0.3) is 0 Å². The third-order valence-corrected chi connectivity index (χ3v) is 3.71. The van der Waals surface area contributed by atoms with Crippen molar-refractivity contribution in [2.24, 2.45) is 0 Å². The van der Waals surface area contributed by atoms with Crippen LogP contribution >= 0.6 is 0 Å². The Bertz CT molecular complexity index is 349. The number of rotatable bonds is 2. The van der Waals surface area contributed by atoms with E-state index in [-0.39, 0.29) is 5.60 Å². The van der Waals surface area contributed by atoms with E-state index in [4.69, 9.17) is 9.47 Å². The molecule has 0 radical (unpaired) electrons. The van der Waals surface area contributed by atoms with Gasteiger partial charge in [-0.2, -0.15) is 0 Å². The minimum Gasteiger partial charge on any atom is -0.371 e. The van der Waals surface area contributed by atoms with Gasteiger partial charge >= 0.3 is 0 Å². The minimum atomic E-state index is -0.176. The van der Waals surface area contributed by atoms with Gasteiger partial charge in [0.1, 0.15) is 11.7 Å². The molecule has 0 spiro atoms. The van der Waals surface area contributed by atoms with Crippen LogP contribution in [0.4, 0.5) is 0 Å². The summed E-state index contributed by atoms with van der Waals surface area (Å²) in [4.78, 5) is 0. The second-order valence-electron chi connectivity index (χ2n) is 4.45. The van der Waals surface area contributed by atoms with Crippen LogP contribution in [0.25, 0.3) is 0 Å². The second kappa shape index (κ2) is 3.32. The summed E-state index contributed by atoms with van der Waals surface area (Å²) in [5.74, 6) is 0. The number of hydrogen-bond donors (Lipinski definition) is 0. The summed E-state index contributed by atoms with van der Waals surface area (Å²) in [7, 11) is 1.80. The van der Waals surface area contributed by atoms with E-state index < -0.39 is 0 Å². The summed E-state index contributed by atoms with van der Waals surface area (Å²) < 4.78 is 11.5. The lowest BCUT2D eigenvalue weighted by Gasteiger charge is -2.34. The lowest BCUT2D eigenvalue weighted by molar-refractivity contribution is -0.0484. The number of ether oxygens (including phenoxy) is 2. The molecule has 1 saturated carbocycles. The van der Waals surface area contributed by atoms with Crippen molar-refractivity contribution in [2.75, 3.05) is 7.11 Å². The average Bonchev–Trinajstić information content (AvgIpc) is 3.09. The topological polar surface area (TPSA) is 21.8 Å². The van der Waals surface area contributed by atoms with Crippen molar-refractivity contribution in [3.8, 4) is 0 Å². The molecule has 2 fully saturated rings. The number of fused-ring (bicyclic) bond motifs is 1. The molecule has 2 heteroatoms. The molecule has 3 unspecified atom stereocenters. The maximum Gasteiger partial charge on any atom is 0.121 e. The predicted molar refractivity (Wildman–Crippen MR) is 57.6 cm³/mol. The Morgan fingerprint density at radius 3 is 2.87 bits per heavy atom. The maximum atomic E-state index is 5.79. The molecular weight excluding hydrogens is 188 g/mol. The van der Waals surface area contributed by atoms with E-state index in [1.807, 2.05) is 6.07 Å².